The molecule has 0 aromatic carbocycles. The quantitative estimate of drug-likeness (QED) is 0.814. The van der Waals surface area contributed by atoms with Gasteiger partial charge in [0.05, 0.1) is 12.6 Å². The second kappa shape index (κ2) is 6.82. The molecule has 0 saturated carbocycles. The Kier molecular flexibility index (Phi) is 5.08. The van der Waals surface area contributed by atoms with Crippen LogP contribution in [0.2, 0.25) is 0 Å². The number of esters is 1. The number of carbonyl (C=O) groups excluding carboxylic acids is 1. The predicted molar refractivity (Wildman–Crippen MR) is 79.9 cm³/mol. The van der Waals surface area contributed by atoms with Crippen LogP contribution in [0.4, 0.5) is 5.82 Å². The Morgan fingerprint density at radius 3 is 2.90 bits per heavy atom. The fourth-order valence-corrected chi connectivity index (χ4v) is 2.49. The molecule has 1 unspecified atom stereocenters. The SMILES string of the molecule is CCOC(=O)c1cnc(C2CN(C)CCCN2C)nc1N. The maximum absolute atomic E-state index is 11.7. The molecular weight excluding hydrogens is 270 g/mol. The molecule has 0 bridgehead atoms. The van der Waals surface area contributed by atoms with E-state index in [-0.39, 0.29) is 17.4 Å². The molecule has 7 nitrogen and oxygen atoms in total. The Bertz CT molecular complexity index is 508. The van der Waals surface area contributed by atoms with E-state index in [0.29, 0.717) is 12.4 Å². The van der Waals surface area contributed by atoms with Crippen LogP contribution in [0.5, 0.6) is 0 Å². The summed E-state index contributed by atoms with van der Waals surface area (Å²) in [6, 6.07) is 0.0797. The van der Waals surface area contributed by atoms with Crippen molar-refractivity contribution >= 4 is 11.8 Å². The summed E-state index contributed by atoms with van der Waals surface area (Å²) in [4.78, 5) is 24.9. The van der Waals surface area contributed by atoms with Gasteiger partial charge < -0.3 is 15.4 Å². The largest absolute Gasteiger partial charge is 0.462 e. The van der Waals surface area contributed by atoms with Crippen LogP contribution in [0, 0.1) is 0 Å². The highest BCUT2D eigenvalue weighted by molar-refractivity contribution is 5.93. The maximum Gasteiger partial charge on any atom is 0.343 e. The lowest BCUT2D eigenvalue weighted by Crippen LogP contribution is -2.32. The highest BCUT2D eigenvalue weighted by Gasteiger charge is 2.25. The van der Waals surface area contributed by atoms with Crippen LogP contribution >= 0.6 is 0 Å². The first-order valence-corrected chi connectivity index (χ1v) is 7.21. The van der Waals surface area contributed by atoms with E-state index < -0.39 is 5.97 Å². The van der Waals surface area contributed by atoms with Gasteiger partial charge in [0.15, 0.2) is 0 Å². The van der Waals surface area contributed by atoms with E-state index in [1.165, 1.54) is 6.20 Å². The fraction of sp³-hybridized carbons (Fsp3) is 0.643. The van der Waals surface area contributed by atoms with Crippen molar-refractivity contribution in [1.82, 2.24) is 19.8 Å². The van der Waals surface area contributed by atoms with Crippen molar-refractivity contribution < 1.29 is 9.53 Å². The number of anilines is 1. The number of carbonyl (C=O) groups is 1. The van der Waals surface area contributed by atoms with Gasteiger partial charge in [0, 0.05) is 12.7 Å². The third-order valence-electron chi connectivity index (χ3n) is 3.70. The standard InChI is InChI=1S/C14H23N5O2/c1-4-21-14(20)10-8-16-13(17-12(10)15)11-9-18(2)6-5-7-19(11)3/h8,11H,4-7,9H2,1-3H3,(H2,15,16,17). The molecular formula is C14H23N5O2. The number of likely N-dealkylation sites (N-methyl/N-ethyl adjacent to an activating group) is 2. The first-order chi connectivity index (χ1) is 10.0. The molecule has 1 fully saturated rings. The van der Waals surface area contributed by atoms with Crippen LogP contribution in [0.3, 0.4) is 0 Å². The molecule has 1 aromatic rings. The molecule has 1 atom stereocenters. The van der Waals surface area contributed by atoms with Gasteiger partial charge >= 0.3 is 5.97 Å². The summed E-state index contributed by atoms with van der Waals surface area (Å²) >= 11 is 0. The van der Waals surface area contributed by atoms with Crippen LogP contribution in [0.15, 0.2) is 6.20 Å². The average Bonchev–Trinajstić information content (AvgIpc) is 2.60. The van der Waals surface area contributed by atoms with Crippen LogP contribution in [0.25, 0.3) is 0 Å². The van der Waals surface area contributed by atoms with Crippen molar-refractivity contribution in [3.8, 4) is 0 Å². The molecule has 0 amide bonds. The second-order valence-electron chi connectivity index (χ2n) is 5.36. The molecule has 2 rings (SSSR count). The minimum Gasteiger partial charge on any atom is -0.462 e. The van der Waals surface area contributed by atoms with Gasteiger partial charge in [0.1, 0.15) is 17.2 Å². The second-order valence-corrected chi connectivity index (χ2v) is 5.36. The normalized spacial score (nSPS) is 21.0. The molecule has 0 radical (unpaired) electrons. The molecule has 1 aliphatic heterocycles. The van der Waals surface area contributed by atoms with Gasteiger partial charge in [0.2, 0.25) is 0 Å². The van der Waals surface area contributed by atoms with Crippen molar-refractivity contribution in [1.29, 1.82) is 0 Å². The van der Waals surface area contributed by atoms with Gasteiger partial charge in [-0.3, -0.25) is 4.90 Å². The van der Waals surface area contributed by atoms with Gasteiger partial charge in [-0.15, -0.1) is 0 Å². The van der Waals surface area contributed by atoms with Gasteiger partial charge in [-0.2, -0.15) is 0 Å². The molecule has 21 heavy (non-hydrogen) atoms. The van der Waals surface area contributed by atoms with E-state index in [4.69, 9.17) is 10.5 Å². The number of rotatable bonds is 3. The molecule has 7 heteroatoms. The van der Waals surface area contributed by atoms with E-state index in [1.807, 2.05) is 0 Å². The smallest absolute Gasteiger partial charge is 0.343 e. The zero-order valence-corrected chi connectivity index (χ0v) is 12.9. The van der Waals surface area contributed by atoms with Gasteiger partial charge in [-0.25, -0.2) is 14.8 Å². The molecule has 1 aliphatic rings. The Morgan fingerprint density at radius 2 is 2.24 bits per heavy atom. The van der Waals surface area contributed by atoms with Crippen LogP contribution in [-0.4, -0.2) is 66.1 Å². The van der Waals surface area contributed by atoms with E-state index in [2.05, 4.69) is 33.9 Å². The summed E-state index contributed by atoms with van der Waals surface area (Å²) in [6.45, 7) is 4.93. The van der Waals surface area contributed by atoms with Crippen LogP contribution < -0.4 is 5.73 Å². The minimum absolute atomic E-state index is 0.0797. The van der Waals surface area contributed by atoms with Crippen molar-refractivity contribution in [3.63, 3.8) is 0 Å². The van der Waals surface area contributed by atoms with Crippen molar-refractivity contribution in [2.24, 2.45) is 0 Å². The summed E-state index contributed by atoms with van der Waals surface area (Å²) in [5.41, 5.74) is 6.12. The average molecular weight is 293 g/mol. The lowest BCUT2D eigenvalue weighted by molar-refractivity contribution is 0.0526. The number of hydrogen-bond acceptors (Lipinski definition) is 7. The Balaban J connectivity index is 2.24. The fourth-order valence-electron chi connectivity index (χ4n) is 2.49. The molecule has 1 aromatic heterocycles. The van der Waals surface area contributed by atoms with E-state index in [0.717, 1.165) is 26.1 Å². The van der Waals surface area contributed by atoms with Crippen LogP contribution in [-0.2, 0) is 4.74 Å². The van der Waals surface area contributed by atoms with E-state index in [9.17, 15) is 4.79 Å². The number of ether oxygens (including phenoxy) is 1. The van der Waals surface area contributed by atoms with Gasteiger partial charge in [0.25, 0.3) is 0 Å². The number of hydrogen-bond donors (Lipinski definition) is 1. The van der Waals surface area contributed by atoms with E-state index >= 15 is 0 Å². The van der Waals surface area contributed by atoms with E-state index in [1.54, 1.807) is 6.92 Å². The predicted octanol–water partition coefficient (Wildman–Crippen LogP) is 0.544. The molecule has 2 N–H and O–H groups in total. The lowest BCUT2D eigenvalue weighted by atomic mass is 10.2. The summed E-state index contributed by atoms with van der Waals surface area (Å²) in [6.07, 6.45) is 2.58. The van der Waals surface area contributed by atoms with Crippen molar-refractivity contribution in [2.75, 3.05) is 46.1 Å². The number of nitrogens with zero attached hydrogens (tertiary/aromatic N) is 4. The molecule has 0 aliphatic carbocycles. The zero-order valence-electron chi connectivity index (χ0n) is 12.9. The first kappa shape index (κ1) is 15.7. The Hall–Kier alpha value is -1.73. The number of aromatic nitrogens is 2. The lowest BCUT2D eigenvalue weighted by Gasteiger charge is -2.26. The minimum atomic E-state index is -0.479. The maximum atomic E-state index is 11.7. The van der Waals surface area contributed by atoms with Gasteiger partial charge in [-0.1, -0.05) is 0 Å². The van der Waals surface area contributed by atoms with Crippen LogP contribution in [0.1, 0.15) is 35.6 Å². The summed E-state index contributed by atoms with van der Waals surface area (Å²) in [5, 5.41) is 0. The highest BCUT2D eigenvalue weighted by atomic mass is 16.5. The van der Waals surface area contributed by atoms with Crippen molar-refractivity contribution in [2.45, 2.75) is 19.4 Å². The summed E-state index contributed by atoms with van der Waals surface area (Å²) in [5.74, 6) is 0.350. The van der Waals surface area contributed by atoms with Gasteiger partial charge in [-0.05, 0) is 40.5 Å². The van der Waals surface area contributed by atoms with Crippen molar-refractivity contribution in [3.05, 3.63) is 17.6 Å². The zero-order chi connectivity index (χ0) is 15.4. The highest BCUT2D eigenvalue weighted by Crippen LogP contribution is 2.21. The number of nitrogen functional groups attached to an aromatic ring is 1. The molecule has 2 heterocycles. The first-order valence-electron chi connectivity index (χ1n) is 7.21. The Morgan fingerprint density at radius 1 is 1.48 bits per heavy atom. The third-order valence-corrected chi connectivity index (χ3v) is 3.70. The number of nitrogens with two attached hydrogens (primary N) is 1. The molecule has 116 valence electrons. The summed E-state index contributed by atoms with van der Waals surface area (Å²) in [7, 11) is 4.14. The monoisotopic (exact) mass is 293 g/mol. The summed E-state index contributed by atoms with van der Waals surface area (Å²) < 4.78 is 4.93. The topological polar surface area (TPSA) is 84.6 Å². The molecule has 1 saturated heterocycles. The Labute approximate surface area is 125 Å². The third kappa shape index (κ3) is 3.68. The molecule has 0 spiro atoms.